The molecular formula is C26H40F2N4O5. The van der Waals surface area contributed by atoms with Gasteiger partial charge in [0.25, 0.3) is 0 Å². The molecule has 9 nitrogen and oxygen atoms in total. The molecule has 4 atom stereocenters. The highest BCUT2D eigenvalue weighted by atomic mass is 19.1. The lowest BCUT2D eigenvalue weighted by molar-refractivity contribution is -0.00883. The second-order valence-corrected chi connectivity index (χ2v) is 9.75. The number of amides is 3. The highest BCUT2D eigenvalue weighted by Crippen LogP contribution is 2.33. The van der Waals surface area contributed by atoms with Crippen LogP contribution in [-0.2, 0) is 14.2 Å². The number of hydrogen-bond acceptors (Lipinski definition) is 6. The fraction of sp³-hybridized carbons (Fsp3) is 0.692. The van der Waals surface area contributed by atoms with E-state index < -0.39 is 23.8 Å². The van der Waals surface area contributed by atoms with Crippen molar-refractivity contribution in [2.45, 2.75) is 44.2 Å². The number of likely N-dealkylation sites (tertiary alicyclic amines) is 1. The number of alkyl carbamates (subject to hydrolysis) is 1. The van der Waals surface area contributed by atoms with E-state index in [1.807, 2.05) is 7.05 Å². The van der Waals surface area contributed by atoms with Crippen LogP contribution in [0.5, 0.6) is 0 Å². The topological polar surface area (TPSA) is 101 Å². The van der Waals surface area contributed by atoms with Crippen molar-refractivity contribution in [3.05, 3.63) is 35.4 Å². The third-order valence-electron chi connectivity index (χ3n) is 7.02. The standard InChI is InChI=1S/C26H40F2N4O5/c1-29-23(11-18-5-4-9-36-17-18)15-31-25(33)32-8-3-6-19(16-32)24(37-10-7-30-26(34)35-2)20-12-21(27)14-22(28)13-20/h12-14,18-19,23-24,29H,3-11,15-17H2,1-2H3,(H,30,34)(H,31,33)/t18-,19-,23+,24-/m1/s1. The minimum absolute atomic E-state index is 0.120. The zero-order valence-corrected chi connectivity index (χ0v) is 21.8. The van der Waals surface area contributed by atoms with Crippen molar-refractivity contribution in [3.63, 3.8) is 0 Å². The SMILES string of the molecule is CN[C@H](CNC(=O)N1CCC[C@@H]([C@@H](OCCNC(=O)OC)c2cc(F)cc(F)c2)C1)C[C@H]1CCCOC1. The fourth-order valence-electron chi connectivity index (χ4n) is 5.12. The molecule has 0 aromatic heterocycles. The van der Waals surface area contributed by atoms with Gasteiger partial charge in [-0.2, -0.15) is 0 Å². The van der Waals surface area contributed by atoms with Crippen LogP contribution >= 0.6 is 0 Å². The van der Waals surface area contributed by atoms with Crippen molar-refractivity contribution in [2.75, 3.05) is 60.2 Å². The molecule has 0 radical (unpaired) electrons. The molecule has 1 aromatic carbocycles. The van der Waals surface area contributed by atoms with E-state index in [1.54, 1.807) is 4.90 Å². The summed E-state index contributed by atoms with van der Waals surface area (Å²) < 4.78 is 44.2. The van der Waals surface area contributed by atoms with Crippen LogP contribution in [0.25, 0.3) is 0 Å². The first kappa shape index (κ1) is 29.1. The summed E-state index contributed by atoms with van der Waals surface area (Å²) in [6.45, 7) is 3.36. The van der Waals surface area contributed by atoms with E-state index >= 15 is 0 Å². The minimum Gasteiger partial charge on any atom is -0.453 e. The number of carbonyl (C=O) groups excluding carboxylic acids is 2. The molecule has 0 saturated carbocycles. The van der Waals surface area contributed by atoms with Crippen LogP contribution < -0.4 is 16.0 Å². The Bertz CT molecular complexity index is 851. The Morgan fingerprint density at radius 1 is 1.16 bits per heavy atom. The predicted octanol–water partition coefficient (Wildman–Crippen LogP) is 3.20. The highest BCUT2D eigenvalue weighted by molar-refractivity contribution is 5.74. The zero-order valence-electron chi connectivity index (χ0n) is 21.8. The highest BCUT2D eigenvalue weighted by Gasteiger charge is 2.32. The molecule has 37 heavy (non-hydrogen) atoms. The van der Waals surface area contributed by atoms with Gasteiger partial charge in [-0.15, -0.1) is 0 Å². The summed E-state index contributed by atoms with van der Waals surface area (Å²) in [5.41, 5.74) is 0.368. The fourth-order valence-corrected chi connectivity index (χ4v) is 5.12. The van der Waals surface area contributed by atoms with Crippen molar-refractivity contribution < 1.29 is 32.6 Å². The van der Waals surface area contributed by atoms with E-state index in [0.29, 0.717) is 31.1 Å². The van der Waals surface area contributed by atoms with Crippen LogP contribution in [0.2, 0.25) is 0 Å². The molecule has 2 aliphatic rings. The third kappa shape index (κ3) is 9.39. The molecule has 11 heteroatoms. The van der Waals surface area contributed by atoms with Gasteiger partial charge in [0, 0.05) is 57.4 Å². The number of nitrogens with zero attached hydrogens (tertiary/aromatic N) is 1. The molecule has 3 rings (SSSR count). The molecule has 2 saturated heterocycles. The zero-order chi connectivity index (χ0) is 26.6. The summed E-state index contributed by atoms with van der Waals surface area (Å²) in [5.74, 6) is -1.06. The number of urea groups is 1. The van der Waals surface area contributed by atoms with E-state index in [9.17, 15) is 18.4 Å². The summed E-state index contributed by atoms with van der Waals surface area (Å²) in [4.78, 5) is 26.1. The van der Waals surface area contributed by atoms with Gasteiger partial charge in [-0.1, -0.05) is 0 Å². The van der Waals surface area contributed by atoms with Gasteiger partial charge in [0.2, 0.25) is 0 Å². The van der Waals surface area contributed by atoms with Crippen LogP contribution in [0.15, 0.2) is 18.2 Å². The van der Waals surface area contributed by atoms with Crippen molar-refractivity contribution in [2.24, 2.45) is 11.8 Å². The lowest BCUT2D eigenvalue weighted by Crippen LogP contribution is -2.50. The van der Waals surface area contributed by atoms with Crippen molar-refractivity contribution in [1.82, 2.24) is 20.9 Å². The van der Waals surface area contributed by atoms with Gasteiger partial charge < -0.3 is 35.1 Å². The normalized spacial score (nSPS) is 21.7. The number of carbonyl (C=O) groups is 2. The van der Waals surface area contributed by atoms with E-state index in [2.05, 4.69) is 20.7 Å². The smallest absolute Gasteiger partial charge is 0.406 e. The molecular weight excluding hydrogens is 486 g/mol. The monoisotopic (exact) mass is 526 g/mol. The molecule has 3 amide bonds. The average molecular weight is 527 g/mol. The minimum atomic E-state index is -0.692. The first-order valence-electron chi connectivity index (χ1n) is 13.1. The quantitative estimate of drug-likeness (QED) is 0.383. The van der Waals surface area contributed by atoms with Gasteiger partial charge in [0.15, 0.2) is 0 Å². The van der Waals surface area contributed by atoms with E-state index in [4.69, 9.17) is 9.47 Å². The lowest BCUT2D eigenvalue weighted by atomic mass is 9.88. The van der Waals surface area contributed by atoms with E-state index in [-0.39, 0.29) is 31.1 Å². The molecule has 0 bridgehead atoms. The lowest BCUT2D eigenvalue weighted by Gasteiger charge is -2.37. The van der Waals surface area contributed by atoms with Crippen molar-refractivity contribution >= 4 is 12.1 Å². The second kappa shape index (κ2) is 15.0. The van der Waals surface area contributed by atoms with Gasteiger partial charge in [-0.25, -0.2) is 18.4 Å². The molecule has 0 unspecified atom stereocenters. The number of rotatable bonds is 11. The Balaban J connectivity index is 1.59. The molecule has 2 heterocycles. The van der Waals surface area contributed by atoms with Crippen molar-refractivity contribution in [1.29, 1.82) is 0 Å². The summed E-state index contributed by atoms with van der Waals surface area (Å²) in [5, 5.41) is 8.86. The number of methoxy groups -OCH3 is 1. The van der Waals surface area contributed by atoms with E-state index in [0.717, 1.165) is 51.4 Å². The number of benzene rings is 1. The Kier molecular flexibility index (Phi) is 11.8. The maximum atomic E-state index is 14.0. The molecule has 0 aliphatic carbocycles. The van der Waals surface area contributed by atoms with Crippen molar-refractivity contribution in [3.8, 4) is 0 Å². The summed E-state index contributed by atoms with van der Waals surface area (Å²) in [7, 11) is 3.16. The second-order valence-electron chi connectivity index (χ2n) is 9.75. The van der Waals surface area contributed by atoms with Crippen LogP contribution in [-0.4, -0.2) is 83.2 Å². The Morgan fingerprint density at radius 3 is 2.62 bits per heavy atom. The number of likely N-dealkylation sites (N-methyl/N-ethyl adjacent to an activating group) is 1. The summed E-state index contributed by atoms with van der Waals surface area (Å²) >= 11 is 0. The molecule has 3 N–H and O–H groups in total. The Labute approximate surface area is 217 Å². The Hall–Kier alpha value is -2.50. The Morgan fingerprint density at radius 2 is 1.95 bits per heavy atom. The summed E-state index contributed by atoms with van der Waals surface area (Å²) in [6, 6.07) is 3.31. The number of piperidine rings is 1. The molecule has 2 aliphatic heterocycles. The van der Waals surface area contributed by atoms with Gasteiger partial charge in [0.1, 0.15) is 11.6 Å². The van der Waals surface area contributed by atoms with Crippen LogP contribution in [0.4, 0.5) is 18.4 Å². The average Bonchev–Trinajstić information content (AvgIpc) is 2.90. The maximum absolute atomic E-state index is 14.0. The van der Waals surface area contributed by atoms with Crippen LogP contribution in [0, 0.1) is 23.5 Å². The van der Waals surface area contributed by atoms with Gasteiger partial charge in [-0.05, 0) is 62.8 Å². The maximum Gasteiger partial charge on any atom is 0.406 e. The van der Waals surface area contributed by atoms with E-state index in [1.165, 1.54) is 19.2 Å². The van der Waals surface area contributed by atoms with Gasteiger partial charge in [0.05, 0.1) is 19.8 Å². The van der Waals surface area contributed by atoms with Crippen LogP contribution in [0.1, 0.15) is 43.8 Å². The third-order valence-corrected chi connectivity index (χ3v) is 7.02. The largest absolute Gasteiger partial charge is 0.453 e. The first-order chi connectivity index (χ1) is 17.9. The van der Waals surface area contributed by atoms with Crippen LogP contribution in [0.3, 0.4) is 0 Å². The number of nitrogens with one attached hydrogen (secondary N) is 3. The molecule has 1 aromatic rings. The number of ether oxygens (including phenoxy) is 3. The molecule has 0 spiro atoms. The molecule has 2 fully saturated rings. The predicted molar refractivity (Wildman–Crippen MR) is 134 cm³/mol. The first-order valence-corrected chi connectivity index (χ1v) is 13.1. The van der Waals surface area contributed by atoms with Gasteiger partial charge in [-0.3, -0.25) is 0 Å². The number of hydrogen-bond donors (Lipinski definition) is 3. The molecule has 208 valence electrons. The number of halogens is 2. The summed E-state index contributed by atoms with van der Waals surface area (Å²) in [6.07, 6.45) is 3.38. The van der Waals surface area contributed by atoms with Gasteiger partial charge >= 0.3 is 12.1 Å².